The van der Waals surface area contributed by atoms with Gasteiger partial charge < -0.3 is 14.2 Å². The highest BCUT2D eigenvalue weighted by Gasteiger charge is 2.15. The van der Waals surface area contributed by atoms with Gasteiger partial charge in [0.05, 0.1) is 0 Å². The molecule has 0 heterocycles. The van der Waals surface area contributed by atoms with Gasteiger partial charge in [-0.3, -0.25) is 0 Å². The van der Waals surface area contributed by atoms with Crippen LogP contribution < -0.4 is 9.47 Å². The van der Waals surface area contributed by atoms with E-state index in [9.17, 15) is 18.4 Å². The zero-order valence-electron chi connectivity index (χ0n) is 14.0. The van der Waals surface area contributed by atoms with E-state index in [1.165, 1.54) is 36.4 Å². The van der Waals surface area contributed by atoms with E-state index in [0.717, 1.165) is 24.7 Å². The third-order valence-corrected chi connectivity index (χ3v) is 3.20. The number of carbonyl (C=O) groups is 2. The minimum absolute atomic E-state index is 0.0106. The van der Waals surface area contributed by atoms with Crippen LogP contribution in [0.5, 0.6) is 11.5 Å². The summed E-state index contributed by atoms with van der Waals surface area (Å²) in [6.45, 7) is 6.48. The average molecular weight is 372 g/mol. The van der Waals surface area contributed by atoms with Crippen LogP contribution in [-0.4, -0.2) is 11.9 Å². The van der Waals surface area contributed by atoms with E-state index in [4.69, 9.17) is 9.47 Å². The molecule has 0 aromatic heterocycles. The molecule has 0 amide bonds. The number of esters is 2. The highest BCUT2D eigenvalue weighted by molar-refractivity contribution is 5.83. The highest BCUT2D eigenvalue weighted by Crippen LogP contribution is 2.31. The lowest BCUT2D eigenvalue weighted by atomic mass is 10.0. The molecule has 2 rings (SSSR count). The average Bonchev–Trinajstić information content (AvgIpc) is 2.68. The maximum Gasteiger partial charge on any atom is 0.335 e. The van der Waals surface area contributed by atoms with Crippen LogP contribution in [0.2, 0.25) is 0 Å². The van der Waals surface area contributed by atoms with E-state index in [-0.39, 0.29) is 11.3 Å². The zero-order chi connectivity index (χ0) is 19.8. The van der Waals surface area contributed by atoms with Crippen LogP contribution in [0.25, 0.3) is 11.1 Å². The molecule has 0 N–H and O–H groups in total. The summed E-state index contributed by atoms with van der Waals surface area (Å²) in [5.41, 5.74) is 0.357. The Morgan fingerprint density at radius 3 is 2.15 bits per heavy atom. The van der Waals surface area contributed by atoms with Crippen molar-refractivity contribution < 1.29 is 32.6 Å². The van der Waals surface area contributed by atoms with Crippen LogP contribution in [0.15, 0.2) is 74.2 Å². The Kier molecular flexibility index (Phi) is 6.60. The van der Waals surface area contributed by atoms with E-state index >= 15 is 0 Å². The molecule has 0 atom stereocenters. The molecular formula is C20H14F2O5. The van der Waals surface area contributed by atoms with Crippen LogP contribution in [0, 0.1) is 11.6 Å². The second-order valence-electron chi connectivity index (χ2n) is 4.92. The first-order valence-electron chi connectivity index (χ1n) is 7.53. The smallest absolute Gasteiger partial charge is 0.335 e. The van der Waals surface area contributed by atoms with Crippen molar-refractivity contribution in [2.75, 3.05) is 0 Å². The lowest BCUT2D eigenvalue weighted by molar-refractivity contribution is -0.132. The summed E-state index contributed by atoms with van der Waals surface area (Å²) in [4.78, 5) is 22.0. The number of benzene rings is 2. The second-order valence-corrected chi connectivity index (χ2v) is 4.92. The Hall–Kier alpha value is -3.74. The first kappa shape index (κ1) is 19.6. The minimum Gasteiger partial charge on any atom is -0.459 e. The van der Waals surface area contributed by atoms with Crippen molar-refractivity contribution in [3.05, 3.63) is 85.9 Å². The van der Waals surface area contributed by atoms with Crippen LogP contribution in [-0.2, 0) is 14.3 Å². The van der Waals surface area contributed by atoms with E-state index in [0.29, 0.717) is 5.56 Å². The van der Waals surface area contributed by atoms with Gasteiger partial charge in [-0.15, -0.1) is 0 Å². The molecule has 0 aliphatic carbocycles. The SMILES string of the molecule is C=CC(=O)O/C=C\Oc1ccc(-c2ccc(OC(=O)C=C)cc2)c(F)c1F. The van der Waals surface area contributed by atoms with Crippen molar-refractivity contribution in [1.82, 2.24) is 0 Å². The third-order valence-electron chi connectivity index (χ3n) is 3.20. The lowest BCUT2D eigenvalue weighted by Crippen LogP contribution is -2.02. The predicted octanol–water partition coefficient (Wildman–Crippen LogP) is 4.30. The van der Waals surface area contributed by atoms with Crippen molar-refractivity contribution in [3.63, 3.8) is 0 Å². The zero-order valence-corrected chi connectivity index (χ0v) is 14.0. The maximum absolute atomic E-state index is 14.3. The number of rotatable bonds is 7. The van der Waals surface area contributed by atoms with E-state index in [1.807, 2.05) is 0 Å². The fourth-order valence-electron chi connectivity index (χ4n) is 1.95. The number of ether oxygens (including phenoxy) is 3. The van der Waals surface area contributed by atoms with Crippen LogP contribution in [0.4, 0.5) is 8.78 Å². The molecule has 0 saturated heterocycles. The number of hydrogen-bond donors (Lipinski definition) is 0. The van der Waals surface area contributed by atoms with Gasteiger partial charge in [0.1, 0.15) is 18.3 Å². The molecule has 0 bridgehead atoms. The fraction of sp³-hybridized carbons (Fsp3) is 0. The first-order chi connectivity index (χ1) is 13.0. The number of halogens is 2. The summed E-state index contributed by atoms with van der Waals surface area (Å²) in [6.07, 6.45) is 3.71. The summed E-state index contributed by atoms with van der Waals surface area (Å²) in [5.74, 6) is -3.84. The summed E-state index contributed by atoms with van der Waals surface area (Å²) in [5, 5.41) is 0. The molecule has 5 nitrogen and oxygen atoms in total. The highest BCUT2D eigenvalue weighted by atomic mass is 19.2. The molecule has 0 aliphatic rings. The number of hydrogen-bond acceptors (Lipinski definition) is 5. The second kappa shape index (κ2) is 9.10. The first-order valence-corrected chi connectivity index (χ1v) is 7.53. The van der Waals surface area contributed by atoms with Crippen LogP contribution in [0.3, 0.4) is 0 Å². The summed E-state index contributed by atoms with van der Waals surface area (Å²) >= 11 is 0. The van der Waals surface area contributed by atoms with Gasteiger partial charge in [0.15, 0.2) is 11.6 Å². The number of carbonyl (C=O) groups excluding carboxylic acids is 2. The molecule has 0 aliphatic heterocycles. The van der Waals surface area contributed by atoms with Gasteiger partial charge in [-0.05, 0) is 29.8 Å². The monoisotopic (exact) mass is 372 g/mol. The van der Waals surface area contributed by atoms with Crippen molar-refractivity contribution >= 4 is 11.9 Å². The Balaban J connectivity index is 2.16. The van der Waals surface area contributed by atoms with Crippen molar-refractivity contribution in [1.29, 1.82) is 0 Å². The van der Waals surface area contributed by atoms with E-state index < -0.39 is 29.3 Å². The lowest BCUT2D eigenvalue weighted by Gasteiger charge is -2.09. The molecule has 7 heteroatoms. The topological polar surface area (TPSA) is 61.8 Å². The van der Waals surface area contributed by atoms with Gasteiger partial charge in [-0.1, -0.05) is 25.3 Å². The molecular weight excluding hydrogens is 358 g/mol. The van der Waals surface area contributed by atoms with Gasteiger partial charge in [0.25, 0.3) is 0 Å². The third kappa shape index (κ3) is 5.12. The van der Waals surface area contributed by atoms with E-state index in [2.05, 4.69) is 17.9 Å². The molecule has 27 heavy (non-hydrogen) atoms. The Morgan fingerprint density at radius 2 is 1.52 bits per heavy atom. The van der Waals surface area contributed by atoms with Gasteiger partial charge >= 0.3 is 11.9 Å². The quantitative estimate of drug-likeness (QED) is 0.314. The molecule has 138 valence electrons. The van der Waals surface area contributed by atoms with Crippen molar-refractivity contribution in [2.45, 2.75) is 0 Å². The molecule has 0 unspecified atom stereocenters. The Bertz CT molecular complexity index is 901. The van der Waals surface area contributed by atoms with Crippen molar-refractivity contribution in [2.24, 2.45) is 0 Å². The molecule has 0 spiro atoms. The summed E-state index contributed by atoms with van der Waals surface area (Å²) in [6, 6.07) is 8.36. The molecule has 2 aromatic carbocycles. The van der Waals surface area contributed by atoms with Gasteiger partial charge in [0, 0.05) is 17.7 Å². The summed E-state index contributed by atoms with van der Waals surface area (Å²) < 4.78 is 42.8. The van der Waals surface area contributed by atoms with Crippen LogP contribution >= 0.6 is 0 Å². The maximum atomic E-state index is 14.3. The van der Waals surface area contributed by atoms with Crippen LogP contribution in [0.1, 0.15) is 0 Å². The Morgan fingerprint density at radius 1 is 0.852 bits per heavy atom. The Labute approximate surface area is 153 Å². The van der Waals surface area contributed by atoms with Gasteiger partial charge in [-0.2, -0.15) is 4.39 Å². The predicted molar refractivity (Wildman–Crippen MR) is 93.7 cm³/mol. The van der Waals surface area contributed by atoms with Crippen molar-refractivity contribution in [3.8, 4) is 22.6 Å². The fourth-order valence-corrected chi connectivity index (χ4v) is 1.95. The molecule has 0 radical (unpaired) electrons. The molecule has 2 aromatic rings. The summed E-state index contributed by atoms with van der Waals surface area (Å²) in [7, 11) is 0. The van der Waals surface area contributed by atoms with Gasteiger partial charge in [-0.25, -0.2) is 14.0 Å². The normalized spacial score (nSPS) is 10.3. The largest absolute Gasteiger partial charge is 0.459 e. The minimum atomic E-state index is -1.21. The standard InChI is InChI=1S/C20H14F2O5/c1-3-17(23)26-12-11-25-16-10-9-15(19(21)20(16)22)13-5-7-14(8-6-13)27-18(24)4-2/h3-12H,1-2H2/b12-11-. The van der Waals surface area contributed by atoms with Gasteiger partial charge in [0.2, 0.25) is 5.82 Å². The molecule has 0 saturated carbocycles. The van der Waals surface area contributed by atoms with E-state index in [1.54, 1.807) is 0 Å². The molecule has 0 fully saturated rings.